The molecule has 12 heavy (non-hydrogen) atoms. The van der Waals surface area contributed by atoms with E-state index < -0.39 is 0 Å². The first-order valence-electron chi connectivity index (χ1n) is 4.55. The van der Waals surface area contributed by atoms with Crippen LogP contribution in [0.2, 0.25) is 0 Å². The largest absolute Gasteiger partial charge is 0.465 e. The van der Waals surface area contributed by atoms with Crippen molar-refractivity contribution in [3.05, 3.63) is 0 Å². The lowest BCUT2D eigenvalue weighted by atomic mass is 9.73. The summed E-state index contributed by atoms with van der Waals surface area (Å²) in [5.74, 6) is 0.499. The Bertz CT molecular complexity index is 202. The Morgan fingerprint density at radius 2 is 2.25 bits per heavy atom. The highest BCUT2D eigenvalue weighted by atomic mass is 16.5. The van der Waals surface area contributed by atoms with Crippen molar-refractivity contribution in [2.75, 3.05) is 6.61 Å². The minimum atomic E-state index is -0.235. The Balaban J connectivity index is 2.14. The van der Waals surface area contributed by atoms with Gasteiger partial charge in [-0.3, -0.25) is 4.79 Å². The van der Waals surface area contributed by atoms with Crippen molar-refractivity contribution in [1.29, 1.82) is 0 Å². The molecule has 1 aliphatic carbocycles. The van der Waals surface area contributed by atoms with Crippen molar-refractivity contribution in [3.63, 3.8) is 0 Å². The Kier molecular flexibility index (Phi) is 1.83. The third-order valence-corrected chi connectivity index (χ3v) is 3.29. The summed E-state index contributed by atoms with van der Waals surface area (Å²) in [4.78, 5) is 11.2. The number of hydrogen-bond acceptors (Lipinski definition) is 3. The van der Waals surface area contributed by atoms with Gasteiger partial charge in [0.25, 0.3) is 0 Å². The van der Waals surface area contributed by atoms with Crippen LogP contribution in [0.4, 0.5) is 0 Å². The van der Waals surface area contributed by atoms with Gasteiger partial charge in [-0.15, -0.1) is 0 Å². The van der Waals surface area contributed by atoms with Gasteiger partial charge < -0.3 is 9.84 Å². The molecule has 1 aliphatic heterocycles. The molecule has 1 saturated heterocycles. The molecule has 0 aromatic rings. The smallest absolute Gasteiger partial charge is 0.309 e. The summed E-state index contributed by atoms with van der Waals surface area (Å²) in [6, 6.07) is 0. The second-order valence-electron chi connectivity index (χ2n) is 3.90. The van der Waals surface area contributed by atoms with E-state index >= 15 is 0 Å². The highest BCUT2D eigenvalue weighted by Crippen LogP contribution is 2.39. The first-order chi connectivity index (χ1) is 5.70. The fraction of sp³-hybridized carbons (Fsp3) is 0.889. The van der Waals surface area contributed by atoms with Crippen molar-refractivity contribution >= 4 is 5.97 Å². The molecule has 1 saturated carbocycles. The van der Waals surface area contributed by atoms with Gasteiger partial charge in [0.1, 0.15) is 0 Å². The van der Waals surface area contributed by atoms with E-state index in [0.717, 1.165) is 12.8 Å². The molecule has 4 atom stereocenters. The van der Waals surface area contributed by atoms with Gasteiger partial charge in [0.2, 0.25) is 0 Å². The minimum Gasteiger partial charge on any atom is -0.465 e. The van der Waals surface area contributed by atoms with E-state index in [0.29, 0.717) is 6.61 Å². The molecule has 0 aromatic carbocycles. The number of hydrogen-bond donors (Lipinski definition) is 1. The fourth-order valence-electron chi connectivity index (χ4n) is 2.33. The summed E-state index contributed by atoms with van der Waals surface area (Å²) < 4.78 is 4.97. The molecule has 68 valence electrons. The molecule has 2 rings (SSSR count). The van der Waals surface area contributed by atoms with Crippen molar-refractivity contribution in [2.45, 2.75) is 25.9 Å². The number of aliphatic hydroxyl groups excluding tert-OH is 1. The number of carbonyl (C=O) groups excluding carboxylic acids is 1. The van der Waals surface area contributed by atoms with Crippen LogP contribution in [0.3, 0.4) is 0 Å². The van der Waals surface area contributed by atoms with Gasteiger partial charge in [-0.05, 0) is 18.8 Å². The summed E-state index contributed by atoms with van der Waals surface area (Å²) in [5.41, 5.74) is 0. The van der Waals surface area contributed by atoms with E-state index in [1.165, 1.54) is 0 Å². The Labute approximate surface area is 71.7 Å². The molecular weight excluding hydrogens is 156 g/mol. The number of ether oxygens (including phenoxy) is 1. The number of cyclic esters (lactones) is 1. The van der Waals surface area contributed by atoms with Gasteiger partial charge in [0, 0.05) is 5.92 Å². The maximum atomic E-state index is 11.2. The molecule has 0 aromatic heterocycles. The quantitative estimate of drug-likeness (QED) is 0.540. The number of rotatable bonds is 0. The van der Waals surface area contributed by atoms with Crippen LogP contribution in [0, 0.1) is 17.8 Å². The average Bonchev–Trinajstić information content (AvgIpc) is 2.41. The SMILES string of the molecule is CC1C(O)CCC2C(=O)OCC21. The lowest BCUT2D eigenvalue weighted by Gasteiger charge is -2.32. The summed E-state index contributed by atoms with van der Waals surface area (Å²) in [5, 5.41) is 9.54. The number of fused-ring (bicyclic) bond motifs is 1. The molecule has 2 fully saturated rings. The average molecular weight is 170 g/mol. The zero-order valence-corrected chi connectivity index (χ0v) is 7.19. The van der Waals surface area contributed by atoms with Crippen LogP contribution in [-0.4, -0.2) is 23.8 Å². The maximum absolute atomic E-state index is 11.2. The van der Waals surface area contributed by atoms with Crippen LogP contribution in [0.5, 0.6) is 0 Å². The summed E-state index contributed by atoms with van der Waals surface area (Å²) in [7, 11) is 0. The number of aliphatic hydroxyl groups is 1. The van der Waals surface area contributed by atoms with Gasteiger partial charge in [-0.25, -0.2) is 0 Å². The molecule has 3 nitrogen and oxygen atoms in total. The van der Waals surface area contributed by atoms with Crippen LogP contribution in [-0.2, 0) is 9.53 Å². The van der Waals surface area contributed by atoms with Crippen LogP contribution < -0.4 is 0 Å². The summed E-state index contributed by atoms with van der Waals surface area (Å²) in [6.07, 6.45) is 1.31. The van der Waals surface area contributed by atoms with Crippen LogP contribution in [0.25, 0.3) is 0 Å². The normalized spacial score (nSPS) is 47.0. The van der Waals surface area contributed by atoms with Crippen molar-refractivity contribution < 1.29 is 14.6 Å². The van der Waals surface area contributed by atoms with Gasteiger partial charge in [0.05, 0.1) is 18.6 Å². The third kappa shape index (κ3) is 1.04. The summed E-state index contributed by atoms with van der Waals surface area (Å²) >= 11 is 0. The molecule has 3 heteroatoms. The Morgan fingerprint density at radius 1 is 1.50 bits per heavy atom. The highest BCUT2D eigenvalue weighted by Gasteiger charge is 2.45. The predicted molar refractivity (Wildman–Crippen MR) is 42.3 cm³/mol. The minimum absolute atomic E-state index is 0.0567. The molecule has 4 unspecified atom stereocenters. The maximum Gasteiger partial charge on any atom is 0.309 e. The van der Waals surface area contributed by atoms with E-state index in [9.17, 15) is 9.90 Å². The van der Waals surface area contributed by atoms with Gasteiger partial charge >= 0.3 is 5.97 Å². The van der Waals surface area contributed by atoms with Gasteiger partial charge in [0.15, 0.2) is 0 Å². The monoisotopic (exact) mass is 170 g/mol. The molecule has 1 N–H and O–H groups in total. The molecule has 0 radical (unpaired) electrons. The van der Waals surface area contributed by atoms with Crippen LogP contribution >= 0.6 is 0 Å². The zero-order valence-electron chi connectivity index (χ0n) is 7.19. The second kappa shape index (κ2) is 2.73. The van der Waals surface area contributed by atoms with Gasteiger partial charge in [-0.1, -0.05) is 6.92 Å². The summed E-state index contributed by atoms with van der Waals surface area (Å²) in [6.45, 7) is 2.52. The molecule has 0 bridgehead atoms. The van der Waals surface area contributed by atoms with E-state index in [1.807, 2.05) is 6.92 Å². The molecule has 1 heterocycles. The first-order valence-corrected chi connectivity index (χ1v) is 4.55. The standard InChI is InChI=1S/C9H14O3/c1-5-7-4-12-9(11)6(7)2-3-8(5)10/h5-8,10H,2-4H2,1H3. The lowest BCUT2D eigenvalue weighted by molar-refractivity contribution is -0.141. The van der Waals surface area contributed by atoms with Crippen molar-refractivity contribution in [1.82, 2.24) is 0 Å². The predicted octanol–water partition coefficient (Wildman–Crippen LogP) is 0.566. The third-order valence-electron chi connectivity index (χ3n) is 3.29. The Morgan fingerprint density at radius 3 is 3.00 bits per heavy atom. The van der Waals surface area contributed by atoms with E-state index in [-0.39, 0.29) is 29.8 Å². The highest BCUT2D eigenvalue weighted by molar-refractivity contribution is 5.74. The second-order valence-corrected chi connectivity index (χ2v) is 3.90. The number of esters is 1. The van der Waals surface area contributed by atoms with E-state index in [1.54, 1.807) is 0 Å². The van der Waals surface area contributed by atoms with Crippen LogP contribution in [0.1, 0.15) is 19.8 Å². The fourth-order valence-corrected chi connectivity index (χ4v) is 2.33. The number of carbonyl (C=O) groups is 1. The zero-order chi connectivity index (χ0) is 8.72. The topological polar surface area (TPSA) is 46.5 Å². The molecule has 2 aliphatic rings. The van der Waals surface area contributed by atoms with Crippen molar-refractivity contribution in [2.24, 2.45) is 17.8 Å². The molecular formula is C9H14O3. The molecule has 0 spiro atoms. The first kappa shape index (κ1) is 8.05. The van der Waals surface area contributed by atoms with Crippen molar-refractivity contribution in [3.8, 4) is 0 Å². The molecule has 0 amide bonds. The lowest BCUT2D eigenvalue weighted by Crippen LogP contribution is -2.36. The van der Waals surface area contributed by atoms with Crippen LogP contribution in [0.15, 0.2) is 0 Å². The Hall–Kier alpha value is -0.570. The van der Waals surface area contributed by atoms with E-state index in [2.05, 4.69) is 0 Å². The van der Waals surface area contributed by atoms with Gasteiger partial charge in [-0.2, -0.15) is 0 Å². The van der Waals surface area contributed by atoms with E-state index in [4.69, 9.17) is 4.74 Å².